The summed E-state index contributed by atoms with van der Waals surface area (Å²) >= 11 is 0. The maximum atomic E-state index is 13.5. The predicted molar refractivity (Wildman–Crippen MR) is 115 cm³/mol. The summed E-state index contributed by atoms with van der Waals surface area (Å²) in [5.41, 5.74) is 7.20. The molecule has 4 N–H and O–H groups in total. The number of aromatic nitrogens is 3. The molecule has 0 aliphatic heterocycles. The van der Waals surface area contributed by atoms with Crippen molar-refractivity contribution in [3.8, 4) is 0 Å². The molecule has 3 rings (SSSR count). The second-order valence-electron chi connectivity index (χ2n) is 7.22. The van der Waals surface area contributed by atoms with Crippen molar-refractivity contribution >= 4 is 23.3 Å². The predicted octanol–water partition coefficient (Wildman–Crippen LogP) is 4.33. The number of nitrogens with two attached hydrogens (primary N) is 1. The maximum Gasteiger partial charge on any atom is 0.421 e. The molecule has 31 heavy (non-hydrogen) atoms. The Morgan fingerprint density at radius 1 is 1.10 bits per heavy atom. The molecule has 0 saturated carbocycles. The molecule has 0 saturated heterocycles. The van der Waals surface area contributed by atoms with Crippen LogP contribution in [0.1, 0.15) is 29.7 Å². The van der Waals surface area contributed by atoms with E-state index in [1.54, 1.807) is 35.4 Å². The molecule has 0 fully saturated rings. The van der Waals surface area contributed by atoms with Crippen LogP contribution < -0.4 is 21.3 Å². The Morgan fingerprint density at radius 2 is 1.81 bits per heavy atom. The number of nitrogens with one attached hydrogen (secondary N) is 2. The Labute approximate surface area is 178 Å². The number of pyridine rings is 1. The Bertz CT molecular complexity index is 1020. The SMILES string of the molecule is C[C@@H](N)c1ccc(Nc2ncc(C(F)(F)F)c(NCc3cccnc3N(C)C)n2)cc1. The van der Waals surface area contributed by atoms with Crippen molar-refractivity contribution in [2.24, 2.45) is 5.73 Å². The van der Waals surface area contributed by atoms with Gasteiger partial charge in [-0.3, -0.25) is 0 Å². The van der Waals surface area contributed by atoms with E-state index in [1.807, 2.05) is 33.2 Å². The molecule has 2 aromatic heterocycles. The maximum absolute atomic E-state index is 13.5. The monoisotopic (exact) mass is 431 g/mol. The van der Waals surface area contributed by atoms with Gasteiger partial charge in [0.05, 0.1) is 0 Å². The van der Waals surface area contributed by atoms with E-state index < -0.39 is 11.7 Å². The van der Waals surface area contributed by atoms with Crippen molar-refractivity contribution in [2.75, 3.05) is 29.6 Å². The number of alkyl halides is 3. The summed E-state index contributed by atoms with van der Waals surface area (Å²) in [5.74, 6) is 0.388. The number of hydrogen-bond donors (Lipinski definition) is 3. The van der Waals surface area contributed by atoms with Gasteiger partial charge in [0, 0.05) is 50.3 Å². The fraction of sp³-hybridized carbons (Fsp3) is 0.286. The van der Waals surface area contributed by atoms with Gasteiger partial charge in [0.25, 0.3) is 0 Å². The van der Waals surface area contributed by atoms with Crippen molar-refractivity contribution in [1.82, 2.24) is 15.0 Å². The van der Waals surface area contributed by atoms with Crippen molar-refractivity contribution < 1.29 is 13.2 Å². The zero-order chi connectivity index (χ0) is 22.6. The first kappa shape index (κ1) is 22.3. The lowest BCUT2D eigenvalue weighted by molar-refractivity contribution is -0.137. The Morgan fingerprint density at radius 3 is 2.42 bits per heavy atom. The van der Waals surface area contributed by atoms with Crippen LogP contribution in [-0.4, -0.2) is 29.0 Å². The van der Waals surface area contributed by atoms with E-state index >= 15 is 0 Å². The third-order valence-corrected chi connectivity index (χ3v) is 4.52. The number of nitrogens with zero attached hydrogens (tertiary/aromatic N) is 4. The molecule has 2 heterocycles. The van der Waals surface area contributed by atoms with Gasteiger partial charge in [0.1, 0.15) is 17.2 Å². The standard InChI is InChI=1S/C21H24F3N7/c1-13(25)14-6-8-16(9-7-14)29-20-28-12-17(21(22,23)24)18(30-20)27-11-15-5-4-10-26-19(15)31(2)3/h4-10,12-13H,11,25H2,1-3H3,(H2,27,28,29,30)/t13-/m1/s1. The molecule has 0 radical (unpaired) electrons. The zero-order valence-electron chi connectivity index (χ0n) is 17.4. The lowest BCUT2D eigenvalue weighted by Gasteiger charge is -2.18. The Kier molecular flexibility index (Phi) is 6.59. The van der Waals surface area contributed by atoms with Gasteiger partial charge < -0.3 is 21.3 Å². The van der Waals surface area contributed by atoms with E-state index in [0.717, 1.165) is 17.3 Å². The van der Waals surface area contributed by atoms with Crippen molar-refractivity contribution in [2.45, 2.75) is 25.7 Å². The normalized spacial score (nSPS) is 12.4. The molecule has 0 aliphatic carbocycles. The zero-order valence-corrected chi connectivity index (χ0v) is 17.4. The van der Waals surface area contributed by atoms with Crippen LogP contribution in [0.15, 0.2) is 48.8 Å². The van der Waals surface area contributed by atoms with E-state index in [1.165, 1.54) is 0 Å². The summed E-state index contributed by atoms with van der Waals surface area (Å²) in [7, 11) is 3.63. The lowest BCUT2D eigenvalue weighted by atomic mass is 10.1. The van der Waals surface area contributed by atoms with E-state index in [2.05, 4.69) is 25.6 Å². The third kappa shape index (κ3) is 5.60. The summed E-state index contributed by atoms with van der Waals surface area (Å²) in [6, 6.07) is 10.6. The average molecular weight is 431 g/mol. The van der Waals surface area contributed by atoms with Crippen molar-refractivity contribution in [3.63, 3.8) is 0 Å². The van der Waals surface area contributed by atoms with Crippen LogP contribution in [0, 0.1) is 0 Å². The van der Waals surface area contributed by atoms with E-state index in [9.17, 15) is 13.2 Å². The molecule has 10 heteroatoms. The molecule has 0 unspecified atom stereocenters. The average Bonchev–Trinajstić information content (AvgIpc) is 2.72. The number of rotatable bonds is 7. The smallest absolute Gasteiger partial charge is 0.365 e. The quantitative estimate of drug-likeness (QED) is 0.513. The Balaban J connectivity index is 1.85. The van der Waals surface area contributed by atoms with Gasteiger partial charge in [-0.1, -0.05) is 18.2 Å². The van der Waals surface area contributed by atoms with Gasteiger partial charge in [0.2, 0.25) is 5.95 Å². The third-order valence-electron chi connectivity index (χ3n) is 4.52. The Hall–Kier alpha value is -3.40. The van der Waals surface area contributed by atoms with Gasteiger partial charge in [-0.05, 0) is 30.7 Å². The fourth-order valence-electron chi connectivity index (χ4n) is 2.93. The highest BCUT2D eigenvalue weighted by Gasteiger charge is 2.35. The van der Waals surface area contributed by atoms with Gasteiger partial charge in [-0.15, -0.1) is 0 Å². The molecule has 0 amide bonds. The fourth-order valence-corrected chi connectivity index (χ4v) is 2.93. The second kappa shape index (κ2) is 9.17. The molecule has 7 nitrogen and oxygen atoms in total. The summed E-state index contributed by atoms with van der Waals surface area (Å²) in [6.07, 6.45) is -2.20. The summed E-state index contributed by atoms with van der Waals surface area (Å²) in [5, 5.41) is 5.71. The second-order valence-corrected chi connectivity index (χ2v) is 7.22. The summed E-state index contributed by atoms with van der Waals surface area (Å²) in [4.78, 5) is 14.0. The summed E-state index contributed by atoms with van der Waals surface area (Å²) in [6.45, 7) is 1.98. The van der Waals surface area contributed by atoms with E-state index in [-0.39, 0.29) is 24.4 Å². The molecule has 164 valence electrons. The lowest BCUT2D eigenvalue weighted by Crippen LogP contribution is -2.17. The van der Waals surface area contributed by atoms with E-state index in [4.69, 9.17) is 5.73 Å². The number of halogens is 3. The molecule has 0 aliphatic rings. The van der Waals surface area contributed by atoms with Gasteiger partial charge in [-0.25, -0.2) is 9.97 Å². The number of anilines is 4. The van der Waals surface area contributed by atoms with Gasteiger partial charge >= 0.3 is 6.18 Å². The minimum atomic E-state index is -4.60. The highest BCUT2D eigenvalue weighted by atomic mass is 19.4. The van der Waals surface area contributed by atoms with Crippen LogP contribution in [0.4, 0.5) is 36.4 Å². The highest BCUT2D eigenvalue weighted by molar-refractivity contribution is 5.57. The minimum Gasteiger partial charge on any atom is -0.365 e. The first-order valence-electron chi connectivity index (χ1n) is 9.57. The van der Waals surface area contributed by atoms with Gasteiger partial charge in [-0.2, -0.15) is 18.2 Å². The van der Waals surface area contributed by atoms with Crippen molar-refractivity contribution in [1.29, 1.82) is 0 Å². The van der Waals surface area contributed by atoms with Crippen LogP contribution in [0.25, 0.3) is 0 Å². The largest absolute Gasteiger partial charge is 0.421 e. The number of hydrogen-bond acceptors (Lipinski definition) is 7. The highest BCUT2D eigenvalue weighted by Crippen LogP contribution is 2.34. The van der Waals surface area contributed by atoms with Crippen LogP contribution in [-0.2, 0) is 12.7 Å². The topological polar surface area (TPSA) is 92.0 Å². The van der Waals surface area contributed by atoms with E-state index in [0.29, 0.717) is 11.5 Å². The van der Waals surface area contributed by atoms with Crippen LogP contribution >= 0.6 is 0 Å². The van der Waals surface area contributed by atoms with Crippen molar-refractivity contribution in [3.05, 3.63) is 65.5 Å². The van der Waals surface area contributed by atoms with Gasteiger partial charge in [0.15, 0.2) is 0 Å². The summed E-state index contributed by atoms with van der Waals surface area (Å²) < 4.78 is 40.5. The van der Waals surface area contributed by atoms with Crippen LogP contribution in [0.5, 0.6) is 0 Å². The molecule has 3 aromatic rings. The molecule has 1 atom stereocenters. The molecular formula is C21H24F3N7. The molecule has 0 spiro atoms. The molecule has 1 aromatic carbocycles. The molecule has 0 bridgehead atoms. The number of benzene rings is 1. The van der Waals surface area contributed by atoms with Crippen LogP contribution in [0.2, 0.25) is 0 Å². The first-order chi connectivity index (χ1) is 14.6. The molecular weight excluding hydrogens is 407 g/mol. The minimum absolute atomic E-state index is 0.0445. The first-order valence-corrected chi connectivity index (χ1v) is 9.57. The van der Waals surface area contributed by atoms with Crippen LogP contribution in [0.3, 0.4) is 0 Å².